The number of aliphatic hydroxyl groups excluding tert-OH is 1. The number of benzene rings is 2. The van der Waals surface area contributed by atoms with E-state index in [4.69, 9.17) is 16.3 Å². The van der Waals surface area contributed by atoms with Gasteiger partial charge in [-0.05, 0) is 36.2 Å². The molecular weight excluding hydrogens is 316 g/mol. The zero-order chi connectivity index (χ0) is 16.7. The first-order chi connectivity index (χ1) is 11.1. The lowest BCUT2D eigenvalue weighted by atomic mass is 10.1. The van der Waals surface area contributed by atoms with Gasteiger partial charge in [0.05, 0.1) is 30.5 Å². The van der Waals surface area contributed by atoms with Crippen molar-refractivity contribution >= 4 is 23.3 Å². The van der Waals surface area contributed by atoms with Crippen molar-refractivity contribution in [3.63, 3.8) is 0 Å². The molecule has 5 nitrogen and oxygen atoms in total. The van der Waals surface area contributed by atoms with Crippen LogP contribution in [0.5, 0.6) is 5.75 Å². The second kappa shape index (κ2) is 8.41. The van der Waals surface area contributed by atoms with Crippen LogP contribution in [0.4, 0.5) is 10.5 Å². The van der Waals surface area contributed by atoms with Crippen LogP contribution in [0.15, 0.2) is 48.5 Å². The predicted molar refractivity (Wildman–Crippen MR) is 91.2 cm³/mol. The van der Waals surface area contributed by atoms with Gasteiger partial charge in [0, 0.05) is 0 Å². The largest absolute Gasteiger partial charge is 0.497 e. The SMILES string of the molecule is COc1ccc(CC(CO)NC(=O)Nc2ccccc2Cl)cc1. The Morgan fingerprint density at radius 2 is 1.91 bits per heavy atom. The van der Waals surface area contributed by atoms with Gasteiger partial charge in [0.2, 0.25) is 0 Å². The summed E-state index contributed by atoms with van der Waals surface area (Å²) in [5.41, 5.74) is 1.51. The van der Waals surface area contributed by atoms with Crippen molar-refractivity contribution in [2.45, 2.75) is 12.5 Å². The Kier molecular flexibility index (Phi) is 6.26. The molecule has 0 spiro atoms. The van der Waals surface area contributed by atoms with Crippen molar-refractivity contribution in [2.75, 3.05) is 19.0 Å². The number of amides is 2. The highest BCUT2D eigenvalue weighted by Gasteiger charge is 2.13. The molecule has 23 heavy (non-hydrogen) atoms. The minimum atomic E-state index is -0.411. The normalized spacial score (nSPS) is 11.6. The summed E-state index contributed by atoms with van der Waals surface area (Å²) in [6, 6.07) is 13.6. The van der Waals surface area contributed by atoms with Crippen LogP contribution in [0.3, 0.4) is 0 Å². The highest BCUT2D eigenvalue weighted by Crippen LogP contribution is 2.20. The second-order valence-electron chi connectivity index (χ2n) is 5.01. The number of hydrogen-bond donors (Lipinski definition) is 3. The molecule has 0 saturated carbocycles. The monoisotopic (exact) mass is 334 g/mol. The molecule has 2 rings (SSSR count). The van der Waals surface area contributed by atoms with Crippen LogP contribution in [0.1, 0.15) is 5.56 Å². The molecule has 0 fully saturated rings. The number of para-hydroxylation sites is 1. The van der Waals surface area contributed by atoms with Crippen LogP contribution in [0.25, 0.3) is 0 Å². The Hall–Kier alpha value is -2.24. The van der Waals surface area contributed by atoms with Crippen molar-refractivity contribution in [3.8, 4) is 5.75 Å². The lowest BCUT2D eigenvalue weighted by Crippen LogP contribution is -2.41. The average Bonchev–Trinajstić information content (AvgIpc) is 2.57. The van der Waals surface area contributed by atoms with Gasteiger partial charge in [-0.25, -0.2) is 4.79 Å². The van der Waals surface area contributed by atoms with Crippen LogP contribution >= 0.6 is 11.6 Å². The van der Waals surface area contributed by atoms with E-state index in [1.54, 1.807) is 31.4 Å². The molecule has 1 atom stereocenters. The third-order valence-corrected chi connectivity index (χ3v) is 3.65. The first-order valence-corrected chi connectivity index (χ1v) is 7.56. The van der Waals surface area contributed by atoms with E-state index < -0.39 is 12.1 Å². The molecule has 2 aromatic carbocycles. The maximum absolute atomic E-state index is 12.0. The van der Waals surface area contributed by atoms with Gasteiger partial charge in [-0.1, -0.05) is 35.9 Å². The molecule has 2 amide bonds. The number of anilines is 1. The number of urea groups is 1. The van der Waals surface area contributed by atoms with Crippen LogP contribution in [-0.2, 0) is 6.42 Å². The van der Waals surface area contributed by atoms with Crippen LogP contribution in [-0.4, -0.2) is 30.9 Å². The maximum atomic E-state index is 12.0. The molecule has 0 radical (unpaired) electrons. The molecule has 1 unspecified atom stereocenters. The van der Waals surface area contributed by atoms with Gasteiger partial charge in [0.15, 0.2) is 0 Å². The minimum absolute atomic E-state index is 0.165. The number of hydrogen-bond acceptors (Lipinski definition) is 3. The number of aliphatic hydroxyl groups is 1. The molecule has 0 saturated heterocycles. The highest BCUT2D eigenvalue weighted by molar-refractivity contribution is 6.33. The molecule has 122 valence electrons. The van der Waals surface area contributed by atoms with Crippen molar-refractivity contribution < 1.29 is 14.6 Å². The third kappa shape index (κ3) is 5.16. The summed E-state index contributed by atoms with van der Waals surface area (Å²) in [7, 11) is 1.60. The summed E-state index contributed by atoms with van der Waals surface area (Å²) in [5.74, 6) is 0.763. The van der Waals surface area contributed by atoms with Gasteiger partial charge in [-0.15, -0.1) is 0 Å². The van der Waals surface area contributed by atoms with Crippen molar-refractivity contribution in [1.82, 2.24) is 5.32 Å². The van der Waals surface area contributed by atoms with E-state index in [9.17, 15) is 9.90 Å². The number of ether oxygens (including phenoxy) is 1. The minimum Gasteiger partial charge on any atom is -0.497 e. The fourth-order valence-corrected chi connectivity index (χ4v) is 2.30. The van der Waals surface area contributed by atoms with E-state index in [0.29, 0.717) is 17.1 Å². The van der Waals surface area contributed by atoms with Gasteiger partial charge >= 0.3 is 6.03 Å². The van der Waals surface area contributed by atoms with E-state index in [1.165, 1.54) is 0 Å². The average molecular weight is 335 g/mol. The van der Waals surface area contributed by atoms with Gasteiger partial charge in [0.25, 0.3) is 0 Å². The number of rotatable bonds is 6. The molecule has 0 heterocycles. The summed E-state index contributed by atoms with van der Waals surface area (Å²) >= 11 is 5.99. The predicted octanol–water partition coefficient (Wildman–Crippen LogP) is 3.07. The highest BCUT2D eigenvalue weighted by atomic mass is 35.5. The zero-order valence-electron chi connectivity index (χ0n) is 12.8. The number of carbonyl (C=O) groups is 1. The van der Waals surface area contributed by atoms with Gasteiger partial charge < -0.3 is 20.5 Å². The number of nitrogens with one attached hydrogen (secondary N) is 2. The second-order valence-corrected chi connectivity index (χ2v) is 5.42. The quantitative estimate of drug-likeness (QED) is 0.760. The van der Waals surface area contributed by atoms with E-state index in [1.807, 2.05) is 24.3 Å². The summed E-state index contributed by atoms with van der Waals surface area (Å²) in [5, 5.41) is 15.3. The molecule has 0 aliphatic rings. The third-order valence-electron chi connectivity index (χ3n) is 3.32. The Morgan fingerprint density at radius 3 is 2.52 bits per heavy atom. The van der Waals surface area contributed by atoms with Gasteiger partial charge in [-0.3, -0.25) is 0 Å². The molecule has 2 aromatic rings. The lowest BCUT2D eigenvalue weighted by Gasteiger charge is -2.17. The molecule has 0 aromatic heterocycles. The van der Waals surface area contributed by atoms with Crippen LogP contribution < -0.4 is 15.4 Å². The van der Waals surface area contributed by atoms with Crippen molar-refractivity contribution in [2.24, 2.45) is 0 Å². The molecule has 0 bridgehead atoms. The van der Waals surface area contributed by atoms with Gasteiger partial charge in [0.1, 0.15) is 5.75 Å². The van der Waals surface area contributed by atoms with E-state index >= 15 is 0 Å². The van der Waals surface area contributed by atoms with Crippen molar-refractivity contribution in [3.05, 3.63) is 59.1 Å². The van der Waals surface area contributed by atoms with Crippen LogP contribution in [0, 0.1) is 0 Å². The van der Waals surface area contributed by atoms with Gasteiger partial charge in [-0.2, -0.15) is 0 Å². The summed E-state index contributed by atoms with van der Waals surface area (Å²) in [6.45, 7) is -0.165. The lowest BCUT2D eigenvalue weighted by molar-refractivity contribution is 0.224. The molecule has 0 aliphatic carbocycles. The molecule has 0 aliphatic heterocycles. The summed E-state index contributed by atoms with van der Waals surface area (Å²) < 4.78 is 5.10. The smallest absolute Gasteiger partial charge is 0.319 e. The maximum Gasteiger partial charge on any atom is 0.319 e. The first-order valence-electron chi connectivity index (χ1n) is 7.18. The fraction of sp³-hybridized carbons (Fsp3) is 0.235. The van der Waals surface area contributed by atoms with Crippen molar-refractivity contribution in [1.29, 1.82) is 0 Å². The molecule has 6 heteroatoms. The topological polar surface area (TPSA) is 70.6 Å². The Morgan fingerprint density at radius 1 is 1.22 bits per heavy atom. The Balaban J connectivity index is 1.93. The number of halogens is 1. The Bertz CT molecular complexity index is 647. The standard InChI is InChI=1S/C17H19ClN2O3/c1-23-14-8-6-12(7-9-14)10-13(11-21)19-17(22)20-16-5-3-2-4-15(16)18/h2-9,13,21H,10-11H2,1H3,(H2,19,20,22). The first kappa shape index (κ1) is 17.1. The fourth-order valence-electron chi connectivity index (χ4n) is 2.11. The summed E-state index contributed by atoms with van der Waals surface area (Å²) in [4.78, 5) is 12.0. The number of carbonyl (C=O) groups excluding carboxylic acids is 1. The van der Waals surface area contributed by atoms with Crippen LogP contribution in [0.2, 0.25) is 5.02 Å². The van der Waals surface area contributed by atoms with E-state index in [-0.39, 0.29) is 6.61 Å². The molecule has 3 N–H and O–H groups in total. The molecular formula is C17H19ClN2O3. The Labute approximate surface area is 140 Å². The summed E-state index contributed by atoms with van der Waals surface area (Å²) in [6.07, 6.45) is 0.510. The van der Waals surface area contributed by atoms with E-state index in [0.717, 1.165) is 11.3 Å². The van der Waals surface area contributed by atoms with E-state index in [2.05, 4.69) is 10.6 Å². The number of methoxy groups -OCH3 is 1. The zero-order valence-corrected chi connectivity index (χ0v) is 13.5.